The number of carbonyl (C=O) groups is 2. The molecule has 1 saturated heterocycles. The van der Waals surface area contributed by atoms with Gasteiger partial charge in [0.05, 0.1) is 4.92 Å². The minimum Gasteiger partial charge on any atom is -0.292 e. The van der Waals surface area contributed by atoms with E-state index in [1.54, 1.807) is 0 Å². The van der Waals surface area contributed by atoms with E-state index in [0.717, 1.165) is 4.90 Å². The molecule has 1 aliphatic rings. The van der Waals surface area contributed by atoms with Crippen LogP contribution in [0.25, 0.3) is 6.08 Å². The van der Waals surface area contributed by atoms with E-state index < -0.39 is 16.9 Å². The van der Waals surface area contributed by atoms with Crippen molar-refractivity contribution in [2.45, 2.75) is 0 Å². The zero-order valence-electron chi connectivity index (χ0n) is 10.4. The summed E-state index contributed by atoms with van der Waals surface area (Å²) in [7, 11) is 2.90. The normalized spacial score (nSPS) is 17.5. The molecule has 1 aromatic carbocycles. The summed E-state index contributed by atoms with van der Waals surface area (Å²) < 4.78 is 0. The second-order valence-corrected chi connectivity index (χ2v) is 4.08. The number of hydrogen-bond donors (Lipinski definition) is 0. The van der Waals surface area contributed by atoms with Crippen molar-refractivity contribution in [3.63, 3.8) is 0 Å². The largest absolute Gasteiger partial charge is 0.331 e. The lowest BCUT2D eigenvalue weighted by molar-refractivity contribution is -0.384. The first-order valence-electron chi connectivity index (χ1n) is 5.43. The molecule has 1 aromatic rings. The number of nitro groups is 1. The molecule has 0 aliphatic carbocycles. The minimum atomic E-state index is -0.499. The lowest BCUT2D eigenvalue weighted by atomic mass is 10.1. The van der Waals surface area contributed by atoms with Crippen LogP contribution in [0.4, 0.5) is 10.5 Å². The fraction of sp³-hybridized carbons (Fsp3) is 0.167. The van der Waals surface area contributed by atoms with E-state index >= 15 is 0 Å². The number of urea groups is 1. The van der Waals surface area contributed by atoms with Crippen molar-refractivity contribution in [1.29, 1.82) is 0 Å². The highest BCUT2D eigenvalue weighted by Gasteiger charge is 2.35. The van der Waals surface area contributed by atoms with E-state index in [1.165, 1.54) is 49.3 Å². The molecule has 1 aliphatic heterocycles. The number of hydrogen-bond acceptors (Lipinski definition) is 4. The van der Waals surface area contributed by atoms with Crippen molar-refractivity contribution in [2.75, 3.05) is 14.1 Å². The van der Waals surface area contributed by atoms with Crippen LogP contribution in [0.1, 0.15) is 5.56 Å². The molecule has 2 rings (SSSR count). The van der Waals surface area contributed by atoms with Crippen molar-refractivity contribution in [3.05, 3.63) is 45.6 Å². The molecule has 0 unspecified atom stereocenters. The Balaban J connectivity index is 2.33. The first-order valence-corrected chi connectivity index (χ1v) is 5.43. The predicted molar refractivity (Wildman–Crippen MR) is 67.0 cm³/mol. The van der Waals surface area contributed by atoms with E-state index in [0.29, 0.717) is 5.56 Å². The SMILES string of the molecule is CN1C(=O)/C(=C\c2ccc([N+](=O)[O-])cc2)N(C)C1=O. The number of benzene rings is 1. The van der Waals surface area contributed by atoms with E-state index in [1.807, 2.05) is 0 Å². The molecular formula is C12H11N3O4. The van der Waals surface area contributed by atoms with E-state index in [4.69, 9.17) is 0 Å². The average Bonchev–Trinajstić information content (AvgIpc) is 2.57. The third-order valence-corrected chi connectivity index (χ3v) is 2.87. The molecule has 98 valence electrons. The zero-order chi connectivity index (χ0) is 14.2. The van der Waals surface area contributed by atoms with Crippen molar-refractivity contribution in [1.82, 2.24) is 9.80 Å². The van der Waals surface area contributed by atoms with Crippen LogP contribution in [0, 0.1) is 10.1 Å². The molecule has 0 atom stereocenters. The minimum absolute atomic E-state index is 0.0264. The maximum Gasteiger partial charge on any atom is 0.331 e. The van der Waals surface area contributed by atoms with Crippen LogP contribution in [-0.4, -0.2) is 40.8 Å². The monoisotopic (exact) mass is 261 g/mol. The summed E-state index contributed by atoms with van der Waals surface area (Å²) >= 11 is 0. The molecule has 1 fully saturated rings. The number of nitro benzene ring substituents is 1. The Kier molecular flexibility index (Phi) is 3.04. The second kappa shape index (κ2) is 4.52. The maximum atomic E-state index is 11.8. The van der Waals surface area contributed by atoms with Crippen LogP contribution in [0.3, 0.4) is 0 Å². The molecule has 0 N–H and O–H groups in total. The lowest BCUT2D eigenvalue weighted by Gasteiger charge is -2.07. The number of amides is 3. The summed E-state index contributed by atoms with van der Waals surface area (Å²) in [6.45, 7) is 0. The van der Waals surface area contributed by atoms with Gasteiger partial charge in [-0.1, -0.05) is 0 Å². The fourth-order valence-electron chi connectivity index (χ4n) is 1.74. The van der Waals surface area contributed by atoms with Gasteiger partial charge in [-0.2, -0.15) is 0 Å². The smallest absolute Gasteiger partial charge is 0.292 e. The van der Waals surface area contributed by atoms with Gasteiger partial charge >= 0.3 is 6.03 Å². The molecule has 7 heteroatoms. The Bertz CT molecular complexity index is 591. The average molecular weight is 261 g/mol. The van der Waals surface area contributed by atoms with Gasteiger partial charge in [-0.15, -0.1) is 0 Å². The number of rotatable bonds is 2. The molecule has 0 saturated carbocycles. The Labute approximate surface area is 108 Å². The third kappa shape index (κ3) is 2.17. The van der Waals surface area contributed by atoms with Crippen molar-refractivity contribution in [2.24, 2.45) is 0 Å². The summed E-state index contributed by atoms with van der Waals surface area (Å²) in [6.07, 6.45) is 1.52. The van der Waals surface area contributed by atoms with Crippen LogP contribution in [0.2, 0.25) is 0 Å². The molecule has 3 amide bonds. The maximum absolute atomic E-state index is 11.8. The van der Waals surface area contributed by atoms with Gasteiger partial charge in [0.1, 0.15) is 5.70 Å². The molecular weight excluding hydrogens is 250 g/mol. The van der Waals surface area contributed by atoms with E-state index in [9.17, 15) is 19.7 Å². The summed E-state index contributed by atoms with van der Waals surface area (Å²) in [5, 5.41) is 10.5. The van der Waals surface area contributed by atoms with Crippen molar-refractivity contribution >= 4 is 23.7 Å². The zero-order valence-corrected chi connectivity index (χ0v) is 10.4. The number of non-ortho nitro benzene ring substituents is 1. The van der Waals surface area contributed by atoms with Crippen LogP contribution in [0.15, 0.2) is 30.0 Å². The van der Waals surface area contributed by atoms with Crippen molar-refractivity contribution < 1.29 is 14.5 Å². The lowest BCUT2D eigenvalue weighted by Crippen LogP contribution is -2.27. The van der Waals surface area contributed by atoms with Gasteiger partial charge in [0.15, 0.2) is 0 Å². The molecule has 0 spiro atoms. The second-order valence-electron chi connectivity index (χ2n) is 4.08. The number of likely N-dealkylation sites (N-methyl/N-ethyl adjacent to an activating group) is 2. The van der Waals surface area contributed by atoms with Gasteiger partial charge in [-0.25, -0.2) is 4.79 Å². The number of imide groups is 1. The van der Waals surface area contributed by atoms with E-state index in [2.05, 4.69) is 0 Å². The molecule has 0 aromatic heterocycles. The number of carbonyl (C=O) groups excluding carboxylic acids is 2. The first-order chi connectivity index (χ1) is 8.91. The third-order valence-electron chi connectivity index (χ3n) is 2.87. The summed E-state index contributed by atoms with van der Waals surface area (Å²) in [5.41, 5.74) is 0.826. The Morgan fingerprint density at radius 1 is 1.11 bits per heavy atom. The Morgan fingerprint density at radius 2 is 1.68 bits per heavy atom. The summed E-state index contributed by atoms with van der Waals surface area (Å²) in [5.74, 6) is -0.397. The molecule has 19 heavy (non-hydrogen) atoms. The quantitative estimate of drug-likeness (QED) is 0.349. The standard InChI is InChI=1S/C12H11N3O4/c1-13-10(11(16)14(2)12(13)17)7-8-3-5-9(6-4-8)15(18)19/h3-7H,1-2H3/b10-7+. The first kappa shape index (κ1) is 12.7. The highest BCUT2D eigenvalue weighted by atomic mass is 16.6. The Hall–Kier alpha value is -2.70. The highest BCUT2D eigenvalue weighted by molar-refractivity contribution is 6.13. The fourth-order valence-corrected chi connectivity index (χ4v) is 1.74. The predicted octanol–water partition coefficient (Wildman–Crippen LogP) is 1.46. The molecule has 0 bridgehead atoms. The van der Waals surface area contributed by atoms with Gasteiger partial charge in [0.2, 0.25) is 0 Å². The van der Waals surface area contributed by atoms with Gasteiger partial charge in [-0.3, -0.25) is 24.7 Å². The van der Waals surface area contributed by atoms with Crippen molar-refractivity contribution in [3.8, 4) is 0 Å². The molecule has 1 heterocycles. The van der Waals surface area contributed by atoms with Gasteiger partial charge < -0.3 is 0 Å². The van der Waals surface area contributed by atoms with Crippen LogP contribution >= 0.6 is 0 Å². The summed E-state index contributed by atoms with van der Waals surface area (Å²) in [6, 6.07) is 5.33. The molecule has 7 nitrogen and oxygen atoms in total. The van der Waals surface area contributed by atoms with Gasteiger partial charge in [-0.05, 0) is 23.8 Å². The highest BCUT2D eigenvalue weighted by Crippen LogP contribution is 2.21. The number of nitrogens with zero attached hydrogens (tertiary/aromatic N) is 3. The Morgan fingerprint density at radius 3 is 2.11 bits per heavy atom. The van der Waals surface area contributed by atoms with Crippen LogP contribution in [-0.2, 0) is 4.79 Å². The van der Waals surface area contributed by atoms with Gasteiger partial charge in [0, 0.05) is 26.2 Å². The van der Waals surface area contributed by atoms with E-state index in [-0.39, 0.29) is 11.4 Å². The molecule has 0 radical (unpaired) electrons. The van der Waals surface area contributed by atoms with Gasteiger partial charge in [0.25, 0.3) is 11.6 Å². The van der Waals surface area contributed by atoms with Crippen LogP contribution in [0.5, 0.6) is 0 Å². The topological polar surface area (TPSA) is 83.8 Å². The van der Waals surface area contributed by atoms with Crippen LogP contribution < -0.4 is 0 Å². The summed E-state index contributed by atoms with van der Waals surface area (Å²) in [4.78, 5) is 35.6.